The maximum atomic E-state index is 14.7. The van der Waals surface area contributed by atoms with E-state index in [1.807, 2.05) is 0 Å². The predicted molar refractivity (Wildman–Crippen MR) is 105 cm³/mol. The number of nitrogens with zero attached hydrogens (tertiary/aromatic N) is 2. The zero-order valence-electron chi connectivity index (χ0n) is 19.3. The van der Waals surface area contributed by atoms with E-state index >= 15 is 0 Å². The van der Waals surface area contributed by atoms with Crippen molar-refractivity contribution in [3.63, 3.8) is 0 Å². The molecule has 1 aromatic heterocycles. The Kier molecular flexibility index (Phi) is 7.48. The smallest absolute Gasteiger partial charge is 0.226 e. The standard InChI is InChI=1S/C22H8F18N2/c23-15(24,17(27,28)19(31,32)21(35,36)37)12-8-13(16(25,26)18(29,30)20(33,34)22(38,39)40)42-14(41-12)11-7-3-5-9-4-1-2-6-10(9)11/h1-8H. The first-order valence-corrected chi connectivity index (χ1v) is 10.4. The average molecular weight is 642 g/mol. The highest BCUT2D eigenvalue weighted by molar-refractivity contribution is 5.95. The molecule has 3 aromatic rings. The number of hydrogen-bond donors (Lipinski definition) is 0. The zero-order valence-corrected chi connectivity index (χ0v) is 19.3. The molecule has 0 aliphatic heterocycles. The molecule has 2 aromatic carbocycles. The van der Waals surface area contributed by atoms with E-state index in [-0.39, 0.29) is 10.8 Å². The summed E-state index contributed by atoms with van der Waals surface area (Å²) in [5.74, 6) is -46.5. The second kappa shape index (κ2) is 9.51. The lowest BCUT2D eigenvalue weighted by molar-refractivity contribution is -0.401. The van der Waals surface area contributed by atoms with Gasteiger partial charge in [-0.05, 0) is 16.8 Å². The highest BCUT2D eigenvalue weighted by Crippen LogP contribution is 2.59. The summed E-state index contributed by atoms with van der Waals surface area (Å²) in [5.41, 5.74) is -7.44. The zero-order chi connectivity index (χ0) is 32.5. The van der Waals surface area contributed by atoms with Gasteiger partial charge in [0.25, 0.3) is 0 Å². The molecule has 2 nitrogen and oxygen atoms in total. The molecule has 0 N–H and O–H groups in total. The van der Waals surface area contributed by atoms with Crippen molar-refractivity contribution in [2.45, 2.75) is 47.9 Å². The van der Waals surface area contributed by atoms with Crippen molar-refractivity contribution in [3.05, 3.63) is 59.9 Å². The van der Waals surface area contributed by atoms with E-state index < -0.39 is 76.7 Å². The van der Waals surface area contributed by atoms with Gasteiger partial charge < -0.3 is 0 Å². The minimum absolute atomic E-state index is 0.00643. The summed E-state index contributed by atoms with van der Waals surface area (Å²) in [6.45, 7) is 0. The third kappa shape index (κ3) is 4.65. The first-order valence-electron chi connectivity index (χ1n) is 10.4. The molecule has 0 saturated carbocycles. The normalized spacial score (nSPS) is 14.9. The van der Waals surface area contributed by atoms with Crippen LogP contribution in [0.25, 0.3) is 22.2 Å². The Balaban J connectivity index is 2.44. The van der Waals surface area contributed by atoms with Crippen LogP contribution in [0.15, 0.2) is 48.5 Å². The van der Waals surface area contributed by atoms with Gasteiger partial charge in [-0.2, -0.15) is 79.0 Å². The largest absolute Gasteiger partial charge is 0.460 e. The molecule has 0 unspecified atom stereocenters. The molecule has 0 bridgehead atoms. The molecule has 42 heavy (non-hydrogen) atoms. The lowest BCUT2D eigenvalue weighted by Crippen LogP contribution is -2.60. The average Bonchev–Trinajstić information content (AvgIpc) is 2.86. The van der Waals surface area contributed by atoms with Gasteiger partial charge >= 0.3 is 47.9 Å². The topological polar surface area (TPSA) is 25.8 Å². The number of rotatable bonds is 7. The molecule has 0 saturated heterocycles. The molecular weight excluding hydrogens is 634 g/mol. The van der Waals surface area contributed by atoms with E-state index in [1.54, 1.807) is 0 Å². The number of alkyl halides is 18. The highest BCUT2D eigenvalue weighted by Gasteiger charge is 2.84. The fourth-order valence-electron chi connectivity index (χ4n) is 3.38. The van der Waals surface area contributed by atoms with Crippen LogP contribution in [-0.2, 0) is 11.8 Å². The molecule has 1 heterocycles. The third-order valence-electron chi connectivity index (χ3n) is 5.69. The van der Waals surface area contributed by atoms with Crippen molar-refractivity contribution in [1.29, 1.82) is 0 Å². The second-order valence-corrected chi connectivity index (χ2v) is 8.43. The molecule has 0 radical (unpaired) electrons. The van der Waals surface area contributed by atoms with Crippen molar-refractivity contribution in [2.24, 2.45) is 0 Å². The maximum absolute atomic E-state index is 14.7. The monoisotopic (exact) mass is 642 g/mol. The highest BCUT2D eigenvalue weighted by atomic mass is 19.4. The molecule has 0 atom stereocenters. The number of halogens is 18. The van der Waals surface area contributed by atoms with Gasteiger partial charge in [0.05, 0.1) is 0 Å². The van der Waals surface area contributed by atoms with Crippen LogP contribution in [0.4, 0.5) is 79.0 Å². The molecule has 0 spiro atoms. The minimum atomic E-state index is -7.66. The number of aromatic nitrogens is 2. The Morgan fingerprint density at radius 2 is 0.810 bits per heavy atom. The van der Waals surface area contributed by atoms with Crippen LogP contribution in [0.2, 0.25) is 0 Å². The predicted octanol–water partition coefficient (Wildman–Crippen LogP) is 9.15. The van der Waals surface area contributed by atoms with E-state index in [1.165, 1.54) is 18.2 Å². The second-order valence-electron chi connectivity index (χ2n) is 8.43. The van der Waals surface area contributed by atoms with Crippen LogP contribution in [0, 0.1) is 0 Å². The van der Waals surface area contributed by atoms with Crippen molar-refractivity contribution >= 4 is 10.8 Å². The Bertz CT molecular complexity index is 1400. The molecule has 0 fully saturated rings. The Labute approximate surface area is 220 Å². The van der Waals surface area contributed by atoms with Gasteiger partial charge in [0.1, 0.15) is 11.4 Å². The van der Waals surface area contributed by atoms with Crippen LogP contribution in [0.5, 0.6) is 0 Å². The van der Waals surface area contributed by atoms with E-state index in [0.717, 1.165) is 18.2 Å². The quantitative estimate of drug-likeness (QED) is 0.241. The van der Waals surface area contributed by atoms with E-state index in [2.05, 4.69) is 9.97 Å². The minimum Gasteiger partial charge on any atom is -0.226 e. The van der Waals surface area contributed by atoms with Crippen molar-refractivity contribution in [2.75, 3.05) is 0 Å². The first kappa shape index (κ1) is 33.0. The van der Waals surface area contributed by atoms with Gasteiger partial charge in [0.15, 0.2) is 5.82 Å². The summed E-state index contributed by atoms with van der Waals surface area (Å²) in [4.78, 5) is 5.13. The van der Waals surface area contributed by atoms with Crippen LogP contribution in [-0.4, -0.2) is 46.0 Å². The molecule has 0 aliphatic carbocycles. The summed E-state index contributed by atoms with van der Waals surface area (Å²) in [6.07, 6.45) is -14.9. The summed E-state index contributed by atoms with van der Waals surface area (Å²) in [6, 6.07) is 5.91. The van der Waals surface area contributed by atoms with E-state index in [4.69, 9.17) is 0 Å². The Hall–Kier alpha value is -3.48. The molecule has 3 rings (SSSR count). The molecule has 232 valence electrons. The van der Waals surface area contributed by atoms with Gasteiger partial charge in [0.2, 0.25) is 0 Å². The molecule has 0 amide bonds. The van der Waals surface area contributed by atoms with Gasteiger partial charge in [0, 0.05) is 5.56 Å². The maximum Gasteiger partial charge on any atom is 0.460 e. The van der Waals surface area contributed by atoms with E-state index in [0.29, 0.717) is 6.07 Å². The van der Waals surface area contributed by atoms with Gasteiger partial charge in [-0.3, -0.25) is 0 Å². The molecular formula is C22H8F18N2. The SMILES string of the molecule is FC(F)(F)C(F)(F)C(F)(F)C(F)(F)c1cc(C(F)(F)C(F)(F)C(F)(F)C(F)(F)F)nc(-c2cccc3ccccc23)n1. The lowest BCUT2D eigenvalue weighted by atomic mass is 9.96. The lowest BCUT2D eigenvalue weighted by Gasteiger charge is -2.35. The summed E-state index contributed by atoms with van der Waals surface area (Å²) < 4.78 is 244. The van der Waals surface area contributed by atoms with Crippen LogP contribution in [0.3, 0.4) is 0 Å². The van der Waals surface area contributed by atoms with Gasteiger partial charge in [-0.1, -0.05) is 42.5 Å². The third-order valence-corrected chi connectivity index (χ3v) is 5.69. The van der Waals surface area contributed by atoms with Gasteiger partial charge in [-0.25, -0.2) is 9.97 Å². The summed E-state index contributed by atoms with van der Waals surface area (Å²) in [7, 11) is 0. The summed E-state index contributed by atoms with van der Waals surface area (Å²) in [5, 5.41) is -0.318. The fraction of sp³-hybridized carbons (Fsp3) is 0.364. The van der Waals surface area contributed by atoms with Crippen molar-refractivity contribution in [1.82, 2.24) is 9.97 Å². The number of hydrogen-bond acceptors (Lipinski definition) is 2. The van der Waals surface area contributed by atoms with Crippen LogP contribution in [0.1, 0.15) is 11.4 Å². The van der Waals surface area contributed by atoms with Crippen LogP contribution < -0.4 is 0 Å². The van der Waals surface area contributed by atoms with Crippen molar-refractivity contribution < 1.29 is 79.0 Å². The first-order chi connectivity index (χ1) is 18.7. The van der Waals surface area contributed by atoms with E-state index in [9.17, 15) is 79.0 Å². The van der Waals surface area contributed by atoms with Crippen molar-refractivity contribution in [3.8, 4) is 11.4 Å². The van der Waals surface area contributed by atoms with Gasteiger partial charge in [-0.15, -0.1) is 0 Å². The summed E-state index contributed by atoms with van der Waals surface area (Å²) >= 11 is 0. The Morgan fingerprint density at radius 3 is 1.21 bits per heavy atom. The van der Waals surface area contributed by atoms with Crippen LogP contribution >= 0.6 is 0 Å². The number of benzene rings is 2. The molecule has 0 aliphatic rings. The Morgan fingerprint density at radius 1 is 0.429 bits per heavy atom. The molecule has 20 heteroatoms. The fourth-order valence-corrected chi connectivity index (χ4v) is 3.38. The number of fused-ring (bicyclic) bond motifs is 1.